The molecule has 1 aromatic rings. The summed E-state index contributed by atoms with van der Waals surface area (Å²) in [6.45, 7) is 1.84. The monoisotopic (exact) mass is 192 g/mol. The molecule has 1 aliphatic rings. The summed E-state index contributed by atoms with van der Waals surface area (Å²) in [5, 5.41) is 18.0. The van der Waals surface area contributed by atoms with Crippen LogP contribution in [0.2, 0.25) is 0 Å². The average molecular weight is 192 g/mol. The predicted molar refractivity (Wildman–Crippen MR) is 54.1 cm³/mol. The zero-order valence-electron chi connectivity index (χ0n) is 8.14. The van der Waals surface area contributed by atoms with Gasteiger partial charge in [0.05, 0.1) is 5.69 Å². The molecular formula is C9H13BN2O2. The van der Waals surface area contributed by atoms with Gasteiger partial charge in [-0.3, -0.25) is 4.98 Å². The Hall–Kier alpha value is -0.905. The summed E-state index contributed by atoms with van der Waals surface area (Å²) >= 11 is 0. The first-order valence-corrected chi connectivity index (χ1v) is 4.69. The highest BCUT2D eigenvalue weighted by molar-refractivity contribution is 6.58. The molecule has 2 N–H and O–H groups in total. The summed E-state index contributed by atoms with van der Waals surface area (Å²) in [5.74, 6) is 0. The van der Waals surface area contributed by atoms with E-state index in [1.54, 1.807) is 0 Å². The normalized spacial score (nSPS) is 16.5. The van der Waals surface area contributed by atoms with Crippen LogP contribution in [-0.2, 0) is 13.0 Å². The van der Waals surface area contributed by atoms with Crippen molar-refractivity contribution in [2.75, 3.05) is 13.6 Å². The molecule has 0 unspecified atom stereocenters. The Morgan fingerprint density at radius 2 is 2.29 bits per heavy atom. The van der Waals surface area contributed by atoms with Gasteiger partial charge in [0.15, 0.2) is 0 Å². The highest BCUT2D eigenvalue weighted by Gasteiger charge is 2.18. The maximum atomic E-state index is 8.98. The number of nitrogens with zero attached hydrogens (tertiary/aromatic N) is 2. The van der Waals surface area contributed by atoms with Crippen molar-refractivity contribution >= 4 is 12.6 Å². The highest BCUT2D eigenvalue weighted by atomic mass is 16.4. The van der Waals surface area contributed by atoms with Crippen LogP contribution in [-0.4, -0.2) is 40.6 Å². The van der Waals surface area contributed by atoms with Crippen molar-refractivity contribution in [3.05, 3.63) is 23.5 Å². The molecule has 0 aromatic carbocycles. The topological polar surface area (TPSA) is 56.6 Å². The van der Waals surface area contributed by atoms with E-state index >= 15 is 0 Å². The van der Waals surface area contributed by atoms with Crippen molar-refractivity contribution in [1.29, 1.82) is 0 Å². The summed E-state index contributed by atoms with van der Waals surface area (Å²) in [5.41, 5.74) is 2.66. The fraction of sp³-hybridized carbons (Fsp3) is 0.444. The smallest absolute Gasteiger partial charge is 0.423 e. The van der Waals surface area contributed by atoms with Gasteiger partial charge >= 0.3 is 7.12 Å². The fourth-order valence-corrected chi connectivity index (χ4v) is 1.70. The summed E-state index contributed by atoms with van der Waals surface area (Å²) in [4.78, 5) is 6.43. The van der Waals surface area contributed by atoms with E-state index in [1.807, 2.05) is 6.07 Å². The summed E-state index contributed by atoms with van der Waals surface area (Å²) < 4.78 is 0. The molecule has 2 heterocycles. The van der Waals surface area contributed by atoms with Gasteiger partial charge in [0.25, 0.3) is 0 Å². The fourth-order valence-electron chi connectivity index (χ4n) is 1.70. The SMILES string of the molecule is CN1CCc2cc(B(O)O)cnc2C1. The van der Waals surface area contributed by atoms with Crippen LogP contribution in [0.3, 0.4) is 0 Å². The number of hydrogen-bond acceptors (Lipinski definition) is 4. The van der Waals surface area contributed by atoms with E-state index in [9.17, 15) is 0 Å². The molecular weight excluding hydrogens is 179 g/mol. The van der Waals surface area contributed by atoms with E-state index in [1.165, 1.54) is 6.20 Å². The van der Waals surface area contributed by atoms with Crippen molar-refractivity contribution in [3.63, 3.8) is 0 Å². The largest absolute Gasteiger partial charge is 0.490 e. The van der Waals surface area contributed by atoms with Crippen LogP contribution in [0.4, 0.5) is 0 Å². The van der Waals surface area contributed by atoms with Crippen molar-refractivity contribution in [2.24, 2.45) is 0 Å². The number of pyridine rings is 1. The molecule has 0 amide bonds. The number of hydrogen-bond donors (Lipinski definition) is 2. The van der Waals surface area contributed by atoms with Crippen LogP contribution < -0.4 is 5.46 Å². The first-order chi connectivity index (χ1) is 6.66. The molecule has 0 spiro atoms. The Bertz CT molecular complexity index is 344. The van der Waals surface area contributed by atoms with Gasteiger partial charge in [-0.2, -0.15) is 0 Å². The van der Waals surface area contributed by atoms with Gasteiger partial charge in [-0.05, 0) is 19.0 Å². The molecule has 0 radical (unpaired) electrons. The van der Waals surface area contributed by atoms with E-state index in [4.69, 9.17) is 10.0 Å². The Morgan fingerprint density at radius 3 is 3.00 bits per heavy atom. The lowest BCUT2D eigenvalue weighted by Crippen LogP contribution is -2.34. The molecule has 0 atom stereocenters. The third-order valence-electron chi connectivity index (χ3n) is 2.56. The number of aromatic nitrogens is 1. The molecule has 0 saturated carbocycles. The van der Waals surface area contributed by atoms with Crippen LogP contribution in [0.25, 0.3) is 0 Å². The van der Waals surface area contributed by atoms with Crippen LogP contribution in [0.5, 0.6) is 0 Å². The Labute approximate surface area is 83.3 Å². The lowest BCUT2D eigenvalue weighted by atomic mass is 9.80. The van der Waals surface area contributed by atoms with E-state index in [-0.39, 0.29) is 0 Å². The van der Waals surface area contributed by atoms with Crippen LogP contribution in [0.15, 0.2) is 12.3 Å². The van der Waals surface area contributed by atoms with Crippen LogP contribution >= 0.6 is 0 Å². The van der Waals surface area contributed by atoms with Gasteiger partial charge in [0.1, 0.15) is 0 Å². The van der Waals surface area contributed by atoms with E-state index < -0.39 is 7.12 Å². The minimum absolute atomic E-state index is 0.480. The van der Waals surface area contributed by atoms with Gasteiger partial charge in [-0.25, -0.2) is 0 Å². The van der Waals surface area contributed by atoms with Crippen molar-refractivity contribution in [2.45, 2.75) is 13.0 Å². The zero-order chi connectivity index (χ0) is 10.1. The lowest BCUT2D eigenvalue weighted by Gasteiger charge is -2.24. The molecule has 1 aliphatic heterocycles. The summed E-state index contributed by atoms with van der Waals surface area (Å²) in [6, 6.07) is 1.83. The van der Waals surface area contributed by atoms with Crippen LogP contribution in [0, 0.1) is 0 Å². The number of fused-ring (bicyclic) bond motifs is 1. The van der Waals surface area contributed by atoms with Gasteiger partial charge < -0.3 is 14.9 Å². The van der Waals surface area contributed by atoms with Crippen molar-refractivity contribution < 1.29 is 10.0 Å². The maximum absolute atomic E-state index is 8.98. The number of rotatable bonds is 1. The Morgan fingerprint density at radius 1 is 1.50 bits per heavy atom. The van der Waals surface area contributed by atoms with Crippen molar-refractivity contribution in [3.8, 4) is 0 Å². The molecule has 14 heavy (non-hydrogen) atoms. The first kappa shape index (κ1) is 9.64. The zero-order valence-corrected chi connectivity index (χ0v) is 8.14. The molecule has 74 valence electrons. The Kier molecular flexibility index (Phi) is 2.54. The van der Waals surface area contributed by atoms with Gasteiger partial charge in [0, 0.05) is 24.7 Å². The second-order valence-corrected chi connectivity index (χ2v) is 3.74. The lowest BCUT2D eigenvalue weighted by molar-refractivity contribution is 0.307. The third kappa shape index (κ3) is 1.80. The van der Waals surface area contributed by atoms with Crippen molar-refractivity contribution in [1.82, 2.24) is 9.88 Å². The van der Waals surface area contributed by atoms with Crippen LogP contribution in [0.1, 0.15) is 11.3 Å². The summed E-state index contributed by atoms with van der Waals surface area (Å²) in [6.07, 6.45) is 2.46. The predicted octanol–water partition coefficient (Wildman–Crippen LogP) is -1.25. The molecule has 0 fully saturated rings. The minimum Gasteiger partial charge on any atom is -0.423 e. The van der Waals surface area contributed by atoms with Gasteiger partial charge in [0.2, 0.25) is 0 Å². The van der Waals surface area contributed by atoms with Gasteiger partial charge in [-0.1, -0.05) is 6.07 Å². The minimum atomic E-state index is -1.41. The quantitative estimate of drug-likeness (QED) is 0.546. The third-order valence-corrected chi connectivity index (χ3v) is 2.56. The molecule has 0 aliphatic carbocycles. The molecule has 4 nitrogen and oxygen atoms in total. The average Bonchev–Trinajstić information content (AvgIpc) is 2.16. The molecule has 0 bridgehead atoms. The molecule has 1 aromatic heterocycles. The van der Waals surface area contributed by atoms with E-state index in [0.29, 0.717) is 5.46 Å². The molecule has 0 saturated heterocycles. The Balaban J connectivity index is 2.31. The second kappa shape index (κ2) is 3.69. The molecule has 5 heteroatoms. The molecule has 2 rings (SSSR count). The maximum Gasteiger partial charge on any atom is 0.490 e. The van der Waals surface area contributed by atoms with Gasteiger partial charge in [-0.15, -0.1) is 0 Å². The number of likely N-dealkylation sites (N-methyl/N-ethyl adjacent to an activating group) is 1. The summed E-state index contributed by atoms with van der Waals surface area (Å²) in [7, 11) is 0.645. The first-order valence-electron chi connectivity index (χ1n) is 4.69. The van der Waals surface area contributed by atoms with E-state index in [2.05, 4.69) is 16.9 Å². The highest BCUT2D eigenvalue weighted by Crippen LogP contribution is 2.13. The standard InChI is InChI=1S/C9H13BN2O2/c1-12-3-2-7-4-8(10(13)14)5-11-9(7)6-12/h4-5,13-14H,2-3,6H2,1H3. The second-order valence-electron chi connectivity index (χ2n) is 3.74. The van der Waals surface area contributed by atoms with E-state index in [0.717, 1.165) is 30.8 Å².